The topological polar surface area (TPSA) is 57.5 Å². The first-order valence-corrected chi connectivity index (χ1v) is 5.88. The van der Waals surface area contributed by atoms with Gasteiger partial charge >= 0.3 is 7.12 Å². The van der Waals surface area contributed by atoms with Crippen molar-refractivity contribution in [3.05, 3.63) is 65.2 Å². The molecule has 3 nitrogen and oxygen atoms in total. The Labute approximate surface area is 112 Å². The molecule has 0 saturated heterocycles. The fourth-order valence-corrected chi connectivity index (χ4v) is 1.66. The monoisotopic (exact) mass is 252 g/mol. The lowest BCUT2D eigenvalue weighted by atomic mass is 9.80. The van der Waals surface area contributed by atoms with Crippen LogP contribution in [-0.4, -0.2) is 23.5 Å². The van der Waals surface area contributed by atoms with E-state index in [-0.39, 0.29) is 0 Å². The van der Waals surface area contributed by atoms with Crippen LogP contribution in [0.25, 0.3) is 12.2 Å². The van der Waals surface area contributed by atoms with Crippen molar-refractivity contribution in [2.24, 2.45) is 0 Å². The molecule has 94 valence electrons. The van der Waals surface area contributed by atoms with Crippen molar-refractivity contribution in [3.63, 3.8) is 0 Å². The Hall–Kier alpha value is -2.17. The summed E-state index contributed by atoms with van der Waals surface area (Å²) >= 11 is 0. The number of carbonyl (C=O) groups is 1. The summed E-state index contributed by atoms with van der Waals surface area (Å²) in [6.45, 7) is 0. The Morgan fingerprint density at radius 3 is 1.58 bits per heavy atom. The van der Waals surface area contributed by atoms with Gasteiger partial charge in [-0.1, -0.05) is 60.7 Å². The Balaban J connectivity index is 2.10. The van der Waals surface area contributed by atoms with Gasteiger partial charge in [-0.25, -0.2) is 0 Å². The molecule has 2 N–H and O–H groups in total. The van der Waals surface area contributed by atoms with Crippen LogP contribution in [0.2, 0.25) is 0 Å². The van der Waals surface area contributed by atoms with E-state index >= 15 is 0 Å². The molecule has 0 saturated carbocycles. The van der Waals surface area contributed by atoms with E-state index in [1.807, 2.05) is 36.4 Å². The number of hydrogen-bond acceptors (Lipinski definition) is 3. The number of hydrogen-bond donors (Lipinski definition) is 2. The summed E-state index contributed by atoms with van der Waals surface area (Å²) in [5, 5.41) is 18.0. The lowest BCUT2D eigenvalue weighted by Crippen LogP contribution is -2.29. The molecule has 0 radical (unpaired) electrons. The summed E-state index contributed by atoms with van der Waals surface area (Å²) in [6, 6.07) is 14.2. The van der Waals surface area contributed by atoms with Crippen LogP contribution >= 0.6 is 0 Å². The molecule has 0 spiro atoms. The first-order valence-electron chi connectivity index (χ1n) is 5.88. The van der Waals surface area contributed by atoms with Crippen molar-refractivity contribution in [1.29, 1.82) is 0 Å². The summed E-state index contributed by atoms with van der Waals surface area (Å²) in [7, 11) is -1.44. The van der Waals surface area contributed by atoms with E-state index in [2.05, 4.69) is 0 Å². The molecule has 0 aliphatic rings. The molecule has 0 heterocycles. The highest BCUT2D eigenvalue weighted by Crippen LogP contribution is 2.08. The van der Waals surface area contributed by atoms with E-state index in [0.717, 1.165) is 17.4 Å². The molecule has 0 unspecified atom stereocenters. The third kappa shape index (κ3) is 3.65. The average molecular weight is 252 g/mol. The smallest absolute Gasteiger partial charge is 0.423 e. The van der Waals surface area contributed by atoms with Gasteiger partial charge in [-0.05, 0) is 16.6 Å². The quantitative estimate of drug-likeness (QED) is 0.490. The third-order valence-corrected chi connectivity index (χ3v) is 2.78. The minimum Gasteiger partial charge on any atom is -0.423 e. The third-order valence-electron chi connectivity index (χ3n) is 2.78. The zero-order chi connectivity index (χ0) is 13.7. The van der Waals surface area contributed by atoms with Crippen molar-refractivity contribution >= 4 is 31.0 Å². The van der Waals surface area contributed by atoms with E-state index in [1.54, 1.807) is 24.3 Å². The second-order valence-electron chi connectivity index (χ2n) is 4.16. The Bertz CT molecular complexity index is 571. The number of rotatable bonds is 4. The molecule has 0 fully saturated rings. The Morgan fingerprint density at radius 1 is 0.737 bits per heavy atom. The highest BCUT2D eigenvalue weighted by Gasteiger charge is 2.08. The molecule has 0 aliphatic carbocycles. The molecule has 4 heteroatoms. The van der Waals surface area contributed by atoms with Gasteiger partial charge in [-0.3, -0.25) is 4.79 Å². The largest absolute Gasteiger partial charge is 0.488 e. The minimum absolute atomic E-state index is 0.465. The van der Waals surface area contributed by atoms with Gasteiger partial charge in [-0.2, -0.15) is 0 Å². The van der Waals surface area contributed by atoms with Crippen molar-refractivity contribution in [3.8, 4) is 0 Å². The molecule has 2 aromatic rings. The first kappa shape index (κ1) is 13.3. The SMILES string of the molecule is O=Cc1ccc(/C=C/c2ccc(B(O)O)cc2)cc1. The fourth-order valence-electron chi connectivity index (χ4n) is 1.66. The standard InChI is InChI=1S/C15H13BO3/c17-11-14-5-3-12(4-6-14)1-2-13-7-9-15(10-8-13)16(18)19/h1-11,18-19H/b2-1+. The van der Waals surface area contributed by atoms with Crippen LogP contribution in [0, 0.1) is 0 Å². The summed E-state index contributed by atoms with van der Waals surface area (Å²) < 4.78 is 0. The molecular weight excluding hydrogens is 239 g/mol. The van der Waals surface area contributed by atoms with E-state index < -0.39 is 7.12 Å². The van der Waals surface area contributed by atoms with Crippen LogP contribution in [0.5, 0.6) is 0 Å². The second-order valence-corrected chi connectivity index (χ2v) is 4.16. The van der Waals surface area contributed by atoms with Crippen molar-refractivity contribution in [2.45, 2.75) is 0 Å². The summed E-state index contributed by atoms with van der Waals surface area (Å²) in [6.07, 6.45) is 4.66. The van der Waals surface area contributed by atoms with Gasteiger partial charge in [0.2, 0.25) is 0 Å². The van der Waals surface area contributed by atoms with Gasteiger partial charge < -0.3 is 10.0 Å². The number of aldehydes is 1. The summed E-state index contributed by atoms with van der Waals surface area (Å²) in [4.78, 5) is 10.5. The molecule has 0 amide bonds. The van der Waals surface area contributed by atoms with E-state index in [4.69, 9.17) is 10.0 Å². The molecule has 19 heavy (non-hydrogen) atoms. The average Bonchev–Trinajstić information content (AvgIpc) is 2.46. The van der Waals surface area contributed by atoms with Gasteiger partial charge in [0, 0.05) is 5.56 Å². The van der Waals surface area contributed by atoms with Crippen LogP contribution in [0.3, 0.4) is 0 Å². The van der Waals surface area contributed by atoms with Crippen LogP contribution < -0.4 is 5.46 Å². The summed E-state index contributed by atoms with van der Waals surface area (Å²) in [5.74, 6) is 0. The maximum atomic E-state index is 10.5. The van der Waals surface area contributed by atoms with Crippen LogP contribution in [0.4, 0.5) is 0 Å². The maximum Gasteiger partial charge on any atom is 0.488 e. The predicted molar refractivity (Wildman–Crippen MR) is 77.0 cm³/mol. The van der Waals surface area contributed by atoms with Crippen molar-refractivity contribution in [2.75, 3.05) is 0 Å². The van der Waals surface area contributed by atoms with Crippen molar-refractivity contribution < 1.29 is 14.8 Å². The van der Waals surface area contributed by atoms with Crippen LogP contribution in [-0.2, 0) is 0 Å². The molecular formula is C15H13BO3. The summed E-state index contributed by atoms with van der Waals surface area (Å²) in [5.41, 5.74) is 3.08. The zero-order valence-corrected chi connectivity index (χ0v) is 10.2. The van der Waals surface area contributed by atoms with Gasteiger partial charge in [-0.15, -0.1) is 0 Å². The zero-order valence-electron chi connectivity index (χ0n) is 10.2. The molecule has 0 atom stereocenters. The number of carbonyl (C=O) groups excluding carboxylic acids is 1. The fraction of sp³-hybridized carbons (Fsp3) is 0. The van der Waals surface area contributed by atoms with Gasteiger partial charge in [0.05, 0.1) is 0 Å². The normalized spacial score (nSPS) is 10.6. The molecule has 0 bridgehead atoms. The lowest BCUT2D eigenvalue weighted by Gasteiger charge is -1.99. The van der Waals surface area contributed by atoms with Crippen molar-refractivity contribution in [1.82, 2.24) is 0 Å². The Kier molecular flexibility index (Phi) is 4.28. The molecule has 0 aliphatic heterocycles. The van der Waals surface area contributed by atoms with E-state index in [0.29, 0.717) is 11.0 Å². The van der Waals surface area contributed by atoms with Gasteiger partial charge in [0.15, 0.2) is 0 Å². The van der Waals surface area contributed by atoms with E-state index in [9.17, 15) is 4.79 Å². The van der Waals surface area contributed by atoms with Gasteiger partial charge in [0.1, 0.15) is 6.29 Å². The van der Waals surface area contributed by atoms with Crippen LogP contribution in [0.15, 0.2) is 48.5 Å². The van der Waals surface area contributed by atoms with Crippen LogP contribution in [0.1, 0.15) is 21.5 Å². The highest BCUT2D eigenvalue weighted by molar-refractivity contribution is 6.58. The highest BCUT2D eigenvalue weighted by atomic mass is 16.4. The molecule has 0 aromatic heterocycles. The predicted octanol–water partition coefficient (Wildman–Crippen LogP) is 1.35. The minimum atomic E-state index is -1.44. The molecule has 2 aromatic carbocycles. The lowest BCUT2D eigenvalue weighted by molar-refractivity contribution is 0.112. The first-order chi connectivity index (χ1) is 9.19. The number of benzene rings is 2. The maximum absolute atomic E-state index is 10.5. The molecule has 2 rings (SSSR count). The Morgan fingerprint density at radius 2 is 1.16 bits per heavy atom. The second kappa shape index (κ2) is 6.13. The van der Waals surface area contributed by atoms with E-state index in [1.165, 1.54) is 0 Å². The van der Waals surface area contributed by atoms with Gasteiger partial charge in [0.25, 0.3) is 0 Å².